The second-order valence-electron chi connectivity index (χ2n) is 6.01. The summed E-state index contributed by atoms with van der Waals surface area (Å²) in [7, 11) is 0. The molecule has 5 nitrogen and oxygen atoms in total. The van der Waals surface area contributed by atoms with Crippen molar-refractivity contribution in [3.05, 3.63) is 53.6 Å². The number of carbonyl (C=O) groups excluding carboxylic acids is 1. The van der Waals surface area contributed by atoms with Crippen LogP contribution in [0.5, 0.6) is 0 Å². The zero-order chi connectivity index (χ0) is 16.9. The Morgan fingerprint density at radius 3 is 2.46 bits per heavy atom. The number of para-hydroxylation sites is 2. The number of nitrogens with one attached hydrogen (secondary N) is 2. The number of anilines is 3. The van der Waals surface area contributed by atoms with Gasteiger partial charge in [0.25, 0.3) is 0 Å². The molecular formula is C19H23N3O2. The molecule has 24 heavy (non-hydrogen) atoms. The summed E-state index contributed by atoms with van der Waals surface area (Å²) in [4.78, 5) is 14.6. The van der Waals surface area contributed by atoms with Crippen molar-refractivity contribution in [3.63, 3.8) is 0 Å². The van der Waals surface area contributed by atoms with Crippen molar-refractivity contribution in [2.45, 2.75) is 13.8 Å². The Morgan fingerprint density at radius 1 is 1.00 bits per heavy atom. The number of amides is 2. The lowest BCUT2D eigenvalue weighted by Gasteiger charge is -2.30. The first kappa shape index (κ1) is 16.3. The first-order valence-corrected chi connectivity index (χ1v) is 8.20. The fourth-order valence-corrected chi connectivity index (χ4v) is 2.89. The highest BCUT2D eigenvalue weighted by atomic mass is 16.5. The van der Waals surface area contributed by atoms with Gasteiger partial charge in [-0.05, 0) is 37.6 Å². The molecule has 0 saturated carbocycles. The Kier molecular flexibility index (Phi) is 5.01. The number of rotatable bonds is 3. The van der Waals surface area contributed by atoms with Gasteiger partial charge in [-0.25, -0.2) is 4.79 Å². The molecule has 1 fully saturated rings. The Hall–Kier alpha value is -2.53. The molecule has 0 unspecified atom stereocenters. The van der Waals surface area contributed by atoms with Crippen LogP contribution in [0, 0.1) is 13.8 Å². The number of benzene rings is 2. The smallest absolute Gasteiger partial charge is 0.323 e. The Balaban J connectivity index is 1.72. The van der Waals surface area contributed by atoms with E-state index < -0.39 is 0 Å². The maximum absolute atomic E-state index is 12.4. The standard InChI is InChI=1S/C19H23N3O2/c1-14-7-8-16(15(2)13-14)20-19(23)21-17-5-3-4-6-18(17)22-9-11-24-12-10-22/h3-8,13H,9-12H2,1-2H3,(H2,20,21,23). The summed E-state index contributed by atoms with van der Waals surface area (Å²) >= 11 is 0. The molecule has 2 aromatic carbocycles. The molecular weight excluding hydrogens is 302 g/mol. The van der Waals surface area contributed by atoms with E-state index >= 15 is 0 Å². The molecule has 2 amide bonds. The summed E-state index contributed by atoms with van der Waals surface area (Å²) < 4.78 is 5.40. The van der Waals surface area contributed by atoms with Crippen molar-refractivity contribution < 1.29 is 9.53 Å². The van der Waals surface area contributed by atoms with Gasteiger partial charge in [-0.2, -0.15) is 0 Å². The van der Waals surface area contributed by atoms with Gasteiger partial charge in [0.1, 0.15) is 0 Å². The molecule has 0 aromatic heterocycles. The van der Waals surface area contributed by atoms with Gasteiger partial charge in [0.05, 0.1) is 24.6 Å². The second kappa shape index (κ2) is 7.36. The highest BCUT2D eigenvalue weighted by Gasteiger charge is 2.15. The monoisotopic (exact) mass is 325 g/mol. The fraction of sp³-hybridized carbons (Fsp3) is 0.316. The van der Waals surface area contributed by atoms with Crippen molar-refractivity contribution in [1.82, 2.24) is 0 Å². The van der Waals surface area contributed by atoms with E-state index in [2.05, 4.69) is 21.6 Å². The molecule has 3 rings (SSSR count). The number of morpholine rings is 1. The molecule has 1 heterocycles. The minimum absolute atomic E-state index is 0.234. The number of hydrogen-bond acceptors (Lipinski definition) is 3. The summed E-state index contributed by atoms with van der Waals surface area (Å²) in [6, 6.07) is 13.6. The largest absolute Gasteiger partial charge is 0.378 e. The predicted octanol–water partition coefficient (Wildman–Crippen LogP) is 3.78. The number of urea groups is 1. The van der Waals surface area contributed by atoms with Gasteiger partial charge in [0.2, 0.25) is 0 Å². The van der Waals surface area contributed by atoms with E-state index in [9.17, 15) is 4.79 Å². The third-order valence-corrected chi connectivity index (χ3v) is 4.13. The third kappa shape index (κ3) is 3.86. The van der Waals surface area contributed by atoms with Crippen LogP contribution in [0.1, 0.15) is 11.1 Å². The number of nitrogens with zero attached hydrogens (tertiary/aromatic N) is 1. The second-order valence-corrected chi connectivity index (χ2v) is 6.01. The van der Waals surface area contributed by atoms with Crippen LogP contribution in [0.2, 0.25) is 0 Å². The summed E-state index contributed by atoms with van der Waals surface area (Å²) in [6.07, 6.45) is 0. The minimum atomic E-state index is -0.234. The van der Waals surface area contributed by atoms with Gasteiger partial charge >= 0.3 is 6.03 Å². The molecule has 2 aromatic rings. The van der Waals surface area contributed by atoms with Gasteiger partial charge < -0.3 is 20.3 Å². The van der Waals surface area contributed by atoms with E-state index in [1.54, 1.807) is 0 Å². The topological polar surface area (TPSA) is 53.6 Å². The van der Waals surface area contributed by atoms with Crippen LogP contribution in [0.15, 0.2) is 42.5 Å². The maximum atomic E-state index is 12.4. The first-order chi connectivity index (χ1) is 11.6. The number of aryl methyl sites for hydroxylation is 2. The SMILES string of the molecule is Cc1ccc(NC(=O)Nc2ccccc2N2CCOCC2)c(C)c1. The molecule has 1 aliphatic rings. The quantitative estimate of drug-likeness (QED) is 0.903. The normalized spacial score (nSPS) is 14.3. The molecule has 0 atom stereocenters. The van der Waals surface area contributed by atoms with Crippen LogP contribution in [0.25, 0.3) is 0 Å². The van der Waals surface area contributed by atoms with Crippen LogP contribution in [0.3, 0.4) is 0 Å². The van der Waals surface area contributed by atoms with Gasteiger partial charge in [0.15, 0.2) is 0 Å². The van der Waals surface area contributed by atoms with Crippen LogP contribution in [-0.2, 0) is 4.74 Å². The lowest BCUT2D eigenvalue weighted by molar-refractivity contribution is 0.123. The Bertz CT molecular complexity index is 724. The van der Waals surface area contributed by atoms with E-state index in [1.165, 1.54) is 5.56 Å². The lowest BCUT2D eigenvalue weighted by atomic mass is 10.1. The molecule has 126 valence electrons. The zero-order valence-electron chi connectivity index (χ0n) is 14.1. The summed E-state index contributed by atoms with van der Waals surface area (Å²) in [5.74, 6) is 0. The minimum Gasteiger partial charge on any atom is -0.378 e. The molecule has 5 heteroatoms. The summed E-state index contributed by atoms with van der Waals surface area (Å²) in [5.41, 5.74) is 4.88. The highest BCUT2D eigenvalue weighted by molar-refractivity contribution is 6.02. The molecule has 1 saturated heterocycles. The van der Waals surface area contributed by atoms with Crippen molar-refractivity contribution >= 4 is 23.1 Å². The van der Waals surface area contributed by atoms with Gasteiger partial charge in [-0.1, -0.05) is 29.8 Å². The summed E-state index contributed by atoms with van der Waals surface area (Å²) in [6.45, 7) is 7.11. The van der Waals surface area contributed by atoms with E-state index in [-0.39, 0.29) is 6.03 Å². The van der Waals surface area contributed by atoms with E-state index in [0.717, 1.165) is 35.7 Å². The first-order valence-electron chi connectivity index (χ1n) is 8.20. The highest BCUT2D eigenvalue weighted by Crippen LogP contribution is 2.26. The van der Waals surface area contributed by atoms with Crippen molar-refractivity contribution in [2.75, 3.05) is 41.8 Å². The van der Waals surface area contributed by atoms with Crippen LogP contribution in [0.4, 0.5) is 21.9 Å². The Labute approximate surface area is 142 Å². The summed E-state index contributed by atoms with van der Waals surface area (Å²) in [5, 5.41) is 5.89. The average Bonchev–Trinajstić information content (AvgIpc) is 2.59. The van der Waals surface area contributed by atoms with Crippen LogP contribution < -0.4 is 15.5 Å². The number of carbonyl (C=O) groups is 1. The van der Waals surface area contributed by atoms with Crippen molar-refractivity contribution in [2.24, 2.45) is 0 Å². The zero-order valence-corrected chi connectivity index (χ0v) is 14.1. The Morgan fingerprint density at radius 2 is 1.71 bits per heavy atom. The molecule has 0 bridgehead atoms. The van der Waals surface area contributed by atoms with Gasteiger partial charge in [-0.3, -0.25) is 0 Å². The predicted molar refractivity (Wildman–Crippen MR) is 98.0 cm³/mol. The lowest BCUT2D eigenvalue weighted by Crippen LogP contribution is -2.37. The van der Waals surface area contributed by atoms with Crippen molar-refractivity contribution in [3.8, 4) is 0 Å². The molecule has 0 aliphatic carbocycles. The van der Waals surface area contributed by atoms with Gasteiger partial charge in [0, 0.05) is 18.8 Å². The van der Waals surface area contributed by atoms with E-state index in [1.807, 2.05) is 50.2 Å². The van der Waals surface area contributed by atoms with Gasteiger partial charge in [-0.15, -0.1) is 0 Å². The van der Waals surface area contributed by atoms with E-state index in [0.29, 0.717) is 13.2 Å². The van der Waals surface area contributed by atoms with Crippen LogP contribution in [-0.4, -0.2) is 32.3 Å². The average molecular weight is 325 g/mol. The number of hydrogen-bond donors (Lipinski definition) is 2. The molecule has 0 spiro atoms. The molecule has 2 N–H and O–H groups in total. The third-order valence-electron chi connectivity index (χ3n) is 4.13. The van der Waals surface area contributed by atoms with Crippen LogP contribution >= 0.6 is 0 Å². The van der Waals surface area contributed by atoms with E-state index in [4.69, 9.17) is 4.74 Å². The molecule has 0 radical (unpaired) electrons. The van der Waals surface area contributed by atoms with Crippen molar-refractivity contribution in [1.29, 1.82) is 0 Å². The maximum Gasteiger partial charge on any atom is 0.323 e. The fourth-order valence-electron chi connectivity index (χ4n) is 2.89. The number of ether oxygens (including phenoxy) is 1. The molecule has 1 aliphatic heterocycles.